The van der Waals surface area contributed by atoms with Crippen LogP contribution in [-0.4, -0.2) is 26.8 Å². The van der Waals surface area contributed by atoms with Gasteiger partial charge in [-0.1, -0.05) is 12.1 Å². The summed E-state index contributed by atoms with van der Waals surface area (Å²) in [6.45, 7) is 0. The number of imidazole rings is 1. The highest BCUT2D eigenvalue weighted by Gasteiger charge is 2.12. The predicted molar refractivity (Wildman–Crippen MR) is 112 cm³/mol. The molecule has 152 valence electrons. The van der Waals surface area contributed by atoms with Crippen molar-refractivity contribution >= 4 is 28.8 Å². The van der Waals surface area contributed by atoms with Gasteiger partial charge in [-0.25, -0.2) is 9.97 Å². The van der Waals surface area contributed by atoms with Crippen LogP contribution < -0.4 is 15.8 Å². The number of carbonyl (C=O) groups excluding carboxylic acids is 2. The summed E-state index contributed by atoms with van der Waals surface area (Å²) in [4.78, 5) is 35.1. The molecule has 4 N–H and O–H groups in total. The molecule has 0 aliphatic rings. The van der Waals surface area contributed by atoms with E-state index in [4.69, 9.17) is 15.7 Å². The molecule has 4 aromatic rings. The van der Waals surface area contributed by atoms with E-state index in [9.17, 15) is 9.59 Å². The minimum absolute atomic E-state index is 0.116. The summed E-state index contributed by atoms with van der Waals surface area (Å²) in [6, 6.07) is 17.1. The van der Waals surface area contributed by atoms with Gasteiger partial charge >= 0.3 is 0 Å². The molecule has 2 aromatic carbocycles. The fourth-order valence-corrected chi connectivity index (χ4v) is 2.94. The van der Waals surface area contributed by atoms with Gasteiger partial charge < -0.3 is 15.5 Å². The van der Waals surface area contributed by atoms with Crippen molar-refractivity contribution in [3.8, 4) is 17.7 Å². The van der Waals surface area contributed by atoms with E-state index >= 15 is 0 Å². The summed E-state index contributed by atoms with van der Waals surface area (Å²) in [5.41, 5.74) is 8.07. The molecule has 0 aliphatic carbocycles. The molecule has 0 bridgehead atoms. The van der Waals surface area contributed by atoms with Gasteiger partial charge in [-0.05, 0) is 48.0 Å². The quantitative estimate of drug-likeness (QED) is 0.444. The number of rotatable bonds is 6. The fraction of sp³-hybridized carbons (Fsp3) is 0.0455. The van der Waals surface area contributed by atoms with Crippen LogP contribution in [0.4, 0.5) is 5.95 Å². The number of benzene rings is 2. The molecule has 2 heterocycles. The molecule has 9 heteroatoms. The van der Waals surface area contributed by atoms with E-state index in [1.165, 1.54) is 12.3 Å². The summed E-state index contributed by atoms with van der Waals surface area (Å²) in [7, 11) is 0. The lowest BCUT2D eigenvalue weighted by Crippen LogP contribution is -2.15. The SMILES string of the molecule is N#Cc1ccc2[nH]c(NC(=O)Cc3ccc(Oc4ncccc4C(N)=O)cc3)nc2c1. The predicted octanol–water partition coefficient (Wildman–Crippen LogP) is 2.90. The van der Waals surface area contributed by atoms with Gasteiger partial charge in [0.1, 0.15) is 11.3 Å². The number of ether oxygens (including phenoxy) is 1. The highest BCUT2D eigenvalue weighted by molar-refractivity contribution is 5.95. The van der Waals surface area contributed by atoms with Crippen LogP contribution in [-0.2, 0) is 11.2 Å². The Balaban J connectivity index is 1.40. The monoisotopic (exact) mass is 412 g/mol. The summed E-state index contributed by atoms with van der Waals surface area (Å²) >= 11 is 0. The number of primary amides is 1. The Morgan fingerprint density at radius 1 is 1.16 bits per heavy atom. The van der Waals surface area contributed by atoms with E-state index in [0.29, 0.717) is 22.8 Å². The minimum atomic E-state index is -0.633. The Morgan fingerprint density at radius 2 is 1.97 bits per heavy atom. The lowest BCUT2D eigenvalue weighted by atomic mass is 10.1. The van der Waals surface area contributed by atoms with Gasteiger partial charge in [0.2, 0.25) is 17.7 Å². The van der Waals surface area contributed by atoms with E-state index < -0.39 is 5.91 Å². The third-order valence-corrected chi connectivity index (χ3v) is 4.41. The molecule has 0 atom stereocenters. The van der Waals surface area contributed by atoms with Crippen LogP contribution in [0.2, 0.25) is 0 Å². The topological polar surface area (TPSA) is 147 Å². The number of nitrogens with zero attached hydrogens (tertiary/aromatic N) is 3. The maximum absolute atomic E-state index is 12.4. The van der Waals surface area contributed by atoms with Crippen LogP contribution in [0.5, 0.6) is 11.6 Å². The van der Waals surface area contributed by atoms with Gasteiger partial charge in [-0.3, -0.25) is 14.9 Å². The van der Waals surface area contributed by atoms with Crippen molar-refractivity contribution in [3.05, 3.63) is 77.5 Å². The second-order valence-corrected chi connectivity index (χ2v) is 6.62. The first-order chi connectivity index (χ1) is 15.0. The average molecular weight is 412 g/mol. The molecule has 0 radical (unpaired) electrons. The number of fused-ring (bicyclic) bond motifs is 1. The lowest BCUT2D eigenvalue weighted by Gasteiger charge is -2.08. The molecule has 2 amide bonds. The van der Waals surface area contributed by atoms with Crippen LogP contribution in [0, 0.1) is 11.3 Å². The van der Waals surface area contributed by atoms with Gasteiger partial charge in [-0.2, -0.15) is 5.26 Å². The number of H-pyrrole nitrogens is 1. The van der Waals surface area contributed by atoms with Crippen LogP contribution in [0.25, 0.3) is 11.0 Å². The summed E-state index contributed by atoms with van der Waals surface area (Å²) in [5, 5.41) is 11.7. The molecule has 2 aromatic heterocycles. The Bertz CT molecular complexity index is 1320. The summed E-state index contributed by atoms with van der Waals surface area (Å²) in [6.07, 6.45) is 1.62. The molecular weight excluding hydrogens is 396 g/mol. The Kier molecular flexibility index (Phi) is 5.27. The number of amides is 2. The molecule has 4 rings (SSSR count). The number of aromatic nitrogens is 3. The second kappa shape index (κ2) is 8.34. The average Bonchev–Trinajstić information content (AvgIpc) is 3.16. The van der Waals surface area contributed by atoms with Crippen molar-refractivity contribution in [3.63, 3.8) is 0 Å². The van der Waals surface area contributed by atoms with Gasteiger partial charge in [0.25, 0.3) is 5.91 Å². The lowest BCUT2D eigenvalue weighted by molar-refractivity contribution is -0.115. The van der Waals surface area contributed by atoms with E-state index in [0.717, 1.165) is 11.1 Å². The largest absolute Gasteiger partial charge is 0.438 e. The maximum Gasteiger partial charge on any atom is 0.254 e. The van der Waals surface area contributed by atoms with Gasteiger partial charge in [0.15, 0.2) is 0 Å². The van der Waals surface area contributed by atoms with E-state index in [-0.39, 0.29) is 23.8 Å². The standard InChI is InChI=1S/C22H16N6O3/c23-12-14-5-8-17-18(10-14)27-22(26-17)28-19(29)11-13-3-6-15(7-4-13)31-21-16(20(24)30)2-1-9-25-21/h1-10H,11H2,(H2,24,30)(H2,26,27,28,29). The molecule has 0 unspecified atom stereocenters. The number of carbonyl (C=O) groups is 2. The number of anilines is 1. The third kappa shape index (κ3) is 4.49. The zero-order valence-corrected chi connectivity index (χ0v) is 16.1. The van der Waals surface area contributed by atoms with Crippen LogP contribution in [0.1, 0.15) is 21.5 Å². The third-order valence-electron chi connectivity index (χ3n) is 4.41. The molecule has 0 fully saturated rings. The van der Waals surface area contributed by atoms with Crippen molar-refractivity contribution in [1.29, 1.82) is 5.26 Å². The van der Waals surface area contributed by atoms with Crippen LogP contribution in [0.15, 0.2) is 60.8 Å². The normalized spacial score (nSPS) is 10.4. The smallest absolute Gasteiger partial charge is 0.254 e. The summed E-state index contributed by atoms with van der Waals surface area (Å²) < 4.78 is 5.63. The molecule has 0 spiro atoms. The Labute approximate surface area is 176 Å². The summed E-state index contributed by atoms with van der Waals surface area (Å²) in [5.74, 6) is -0.00940. The molecule has 9 nitrogen and oxygen atoms in total. The van der Waals surface area contributed by atoms with E-state index in [2.05, 4.69) is 26.3 Å². The second-order valence-electron chi connectivity index (χ2n) is 6.62. The number of nitrogens with two attached hydrogens (primary N) is 1. The van der Waals surface area contributed by atoms with Crippen LogP contribution >= 0.6 is 0 Å². The highest BCUT2D eigenvalue weighted by atomic mass is 16.5. The van der Waals surface area contributed by atoms with Crippen molar-refractivity contribution < 1.29 is 14.3 Å². The highest BCUT2D eigenvalue weighted by Crippen LogP contribution is 2.23. The van der Waals surface area contributed by atoms with Gasteiger partial charge in [0, 0.05) is 6.20 Å². The number of aromatic amines is 1. The van der Waals surface area contributed by atoms with Crippen LogP contribution in [0.3, 0.4) is 0 Å². The van der Waals surface area contributed by atoms with Crippen molar-refractivity contribution in [2.45, 2.75) is 6.42 Å². The Hall–Kier alpha value is -4.71. The minimum Gasteiger partial charge on any atom is -0.438 e. The first-order valence-electron chi connectivity index (χ1n) is 9.23. The van der Waals surface area contributed by atoms with Crippen molar-refractivity contribution in [1.82, 2.24) is 15.0 Å². The first-order valence-corrected chi connectivity index (χ1v) is 9.23. The van der Waals surface area contributed by atoms with E-state index in [1.807, 2.05) is 0 Å². The van der Waals surface area contributed by atoms with Gasteiger partial charge in [0.05, 0.1) is 29.1 Å². The number of hydrogen-bond acceptors (Lipinski definition) is 6. The van der Waals surface area contributed by atoms with Gasteiger partial charge in [-0.15, -0.1) is 0 Å². The molecular formula is C22H16N6O3. The molecule has 31 heavy (non-hydrogen) atoms. The van der Waals surface area contributed by atoms with Crippen molar-refractivity contribution in [2.24, 2.45) is 5.73 Å². The Morgan fingerprint density at radius 3 is 2.71 bits per heavy atom. The zero-order valence-electron chi connectivity index (χ0n) is 16.1. The number of pyridine rings is 1. The molecule has 0 saturated heterocycles. The van der Waals surface area contributed by atoms with Crippen molar-refractivity contribution in [2.75, 3.05) is 5.32 Å². The number of nitrogens with one attached hydrogen (secondary N) is 2. The maximum atomic E-state index is 12.4. The number of hydrogen-bond donors (Lipinski definition) is 3. The number of nitriles is 1. The molecule has 0 saturated carbocycles. The van der Waals surface area contributed by atoms with E-state index in [1.54, 1.807) is 48.5 Å². The fourth-order valence-electron chi connectivity index (χ4n) is 2.94. The first kappa shape index (κ1) is 19.6. The molecule has 0 aliphatic heterocycles. The zero-order chi connectivity index (χ0) is 21.8.